The molecule has 2 aromatic rings. The van der Waals surface area contributed by atoms with Crippen molar-refractivity contribution in [2.24, 2.45) is 0 Å². The van der Waals surface area contributed by atoms with Crippen LogP contribution >= 0.6 is 11.8 Å². The summed E-state index contributed by atoms with van der Waals surface area (Å²) < 4.78 is 0. The smallest absolute Gasteiger partial charge is 0.209 e. The van der Waals surface area contributed by atoms with Gasteiger partial charge in [0.15, 0.2) is 5.12 Å². The third-order valence-corrected chi connectivity index (χ3v) is 4.62. The minimum Gasteiger partial charge on any atom is -0.340 e. The van der Waals surface area contributed by atoms with Gasteiger partial charge in [-0.1, -0.05) is 54.2 Å². The molecular formula is C19H20N2OS. The number of anilines is 2. The lowest BCUT2D eigenvalue weighted by atomic mass is 10.2. The molecule has 0 spiro atoms. The van der Waals surface area contributed by atoms with Crippen molar-refractivity contribution in [2.45, 2.75) is 19.9 Å². The Balaban J connectivity index is 1.66. The van der Waals surface area contributed by atoms with Crippen molar-refractivity contribution in [3.8, 4) is 0 Å². The van der Waals surface area contributed by atoms with Crippen molar-refractivity contribution in [3.05, 3.63) is 66.8 Å². The van der Waals surface area contributed by atoms with Gasteiger partial charge in [0.1, 0.15) is 0 Å². The Morgan fingerprint density at radius 2 is 1.65 bits per heavy atom. The summed E-state index contributed by atoms with van der Waals surface area (Å²) in [5.74, 6) is 0.856. The lowest BCUT2D eigenvalue weighted by molar-refractivity contribution is -0.109. The molecule has 0 unspecified atom stereocenters. The number of hydrogen-bond acceptors (Lipinski definition) is 4. The molecule has 2 radical (unpaired) electrons. The molecule has 0 fully saturated rings. The molecular weight excluding hydrogens is 304 g/mol. The molecule has 0 aliphatic carbocycles. The first-order valence-electron chi connectivity index (χ1n) is 7.82. The van der Waals surface area contributed by atoms with Crippen LogP contribution in [0.2, 0.25) is 0 Å². The Hall–Kier alpha value is -1.94. The maximum absolute atomic E-state index is 11.0. The van der Waals surface area contributed by atoms with E-state index in [1.54, 1.807) is 6.92 Å². The molecule has 23 heavy (non-hydrogen) atoms. The summed E-state index contributed by atoms with van der Waals surface area (Å²) in [6.07, 6.45) is 0.963. The number of carbonyl (C=O) groups is 1. The van der Waals surface area contributed by atoms with Crippen molar-refractivity contribution in [1.82, 2.24) is 0 Å². The Morgan fingerprint density at radius 1 is 1.00 bits per heavy atom. The van der Waals surface area contributed by atoms with Crippen molar-refractivity contribution in [3.63, 3.8) is 0 Å². The van der Waals surface area contributed by atoms with E-state index in [9.17, 15) is 4.79 Å². The first kappa shape index (κ1) is 15.9. The molecule has 2 aromatic carbocycles. The molecule has 0 saturated carbocycles. The second kappa shape index (κ2) is 7.55. The molecule has 0 atom stereocenters. The van der Waals surface area contributed by atoms with Gasteiger partial charge in [-0.15, -0.1) is 0 Å². The largest absolute Gasteiger partial charge is 0.340 e. The van der Waals surface area contributed by atoms with Gasteiger partial charge in [0.05, 0.1) is 11.4 Å². The fourth-order valence-electron chi connectivity index (χ4n) is 2.67. The van der Waals surface area contributed by atoms with Crippen LogP contribution in [0.4, 0.5) is 11.4 Å². The summed E-state index contributed by atoms with van der Waals surface area (Å²) in [5, 5.41) is 0.186. The highest BCUT2D eigenvalue weighted by Gasteiger charge is 2.26. The molecule has 0 bridgehead atoms. The molecule has 0 aromatic heterocycles. The summed E-state index contributed by atoms with van der Waals surface area (Å²) in [6, 6.07) is 18.8. The van der Waals surface area contributed by atoms with Gasteiger partial charge in [-0.25, -0.2) is 0 Å². The second-order valence-electron chi connectivity index (χ2n) is 5.51. The van der Waals surface area contributed by atoms with Crippen LogP contribution in [0.1, 0.15) is 18.9 Å². The first-order chi connectivity index (χ1) is 11.2. The van der Waals surface area contributed by atoms with E-state index in [0.717, 1.165) is 25.3 Å². The number of rotatable bonds is 6. The summed E-state index contributed by atoms with van der Waals surface area (Å²) in [7, 11) is 0. The van der Waals surface area contributed by atoms with Crippen LogP contribution in [-0.4, -0.2) is 17.4 Å². The van der Waals surface area contributed by atoms with E-state index in [-0.39, 0.29) is 5.12 Å². The number of thioether (sulfide) groups is 1. The summed E-state index contributed by atoms with van der Waals surface area (Å²) in [4.78, 5) is 15.4. The first-order valence-corrected chi connectivity index (χ1v) is 8.80. The molecule has 0 saturated heterocycles. The van der Waals surface area contributed by atoms with Crippen molar-refractivity contribution < 1.29 is 4.79 Å². The SMILES string of the molecule is CC(=O)SCCCN1[C]N(Cc2ccccc2)c2ccccc21. The topological polar surface area (TPSA) is 23.6 Å². The van der Waals surface area contributed by atoms with Gasteiger partial charge >= 0.3 is 0 Å². The van der Waals surface area contributed by atoms with E-state index in [4.69, 9.17) is 0 Å². The van der Waals surface area contributed by atoms with Crippen LogP contribution in [0, 0.1) is 6.67 Å². The zero-order valence-electron chi connectivity index (χ0n) is 13.2. The molecule has 0 amide bonds. The quantitative estimate of drug-likeness (QED) is 0.744. The van der Waals surface area contributed by atoms with Crippen LogP contribution in [0.5, 0.6) is 0 Å². The number of benzene rings is 2. The van der Waals surface area contributed by atoms with Crippen LogP contribution in [0.25, 0.3) is 0 Å². The fourth-order valence-corrected chi connectivity index (χ4v) is 3.23. The van der Waals surface area contributed by atoms with Crippen LogP contribution in [0.3, 0.4) is 0 Å². The van der Waals surface area contributed by atoms with Crippen molar-refractivity contribution >= 4 is 28.3 Å². The zero-order chi connectivity index (χ0) is 16.1. The molecule has 1 aliphatic rings. The highest BCUT2D eigenvalue weighted by molar-refractivity contribution is 8.13. The number of carbonyl (C=O) groups excluding carboxylic acids is 1. The molecule has 1 heterocycles. The average molecular weight is 324 g/mol. The maximum atomic E-state index is 11.0. The Bertz CT molecular complexity index is 659. The number of nitrogens with zero attached hydrogens (tertiary/aromatic N) is 2. The molecule has 0 N–H and O–H groups in total. The summed E-state index contributed by atoms with van der Waals surface area (Å²) in [5.41, 5.74) is 3.65. The van der Waals surface area contributed by atoms with E-state index in [2.05, 4.69) is 65.0 Å². The van der Waals surface area contributed by atoms with E-state index in [1.165, 1.54) is 28.7 Å². The lowest BCUT2D eigenvalue weighted by Crippen LogP contribution is -2.25. The Kier molecular flexibility index (Phi) is 5.23. The van der Waals surface area contributed by atoms with Gasteiger partial charge in [-0.3, -0.25) is 4.79 Å². The predicted molar refractivity (Wildman–Crippen MR) is 97.4 cm³/mol. The van der Waals surface area contributed by atoms with Gasteiger partial charge in [0.2, 0.25) is 6.67 Å². The minimum atomic E-state index is 0.186. The van der Waals surface area contributed by atoms with Gasteiger partial charge in [-0.2, -0.15) is 0 Å². The highest BCUT2D eigenvalue weighted by Crippen LogP contribution is 2.38. The Morgan fingerprint density at radius 3 is 2.35 bits per heavy atom. The van der Waals surface area contributed by atoms with E-state index >= 15 is 0 Å². The predicted octanol–water partition coefficient (Wildman–Crippen LogP) is 4.18. The normalized spacial score (nSPS) is 13.3. The van der Waals surface area contributed by atoms with Crippen LogP contribution < -0.4 is 9.80 Å². The van der Waals surface area contributed by atoms with Gasteiger partial charge in [0.25, 0.3) is 0 Å². The Labute approximate surface area is 142 Å². The number of hydrogen-bond donors (Lipinski definition) is 0. The maximum Gasteiger partial charge on any atom is 0.209 e. The van der Waals surface area contributed by atoms with E-state index < -0.39 is 0 Å². The van der Waals surface area contributed by atoms with Crippen molar-refractivity contribution in [2.75, 3.05) is 22.1 Å². The second-order valence-corrected chi connectivity index (χ2v) is 6.78. The summed E-state index contributed by atoms with van der Waals surface area (Å²) in [6.45, 7) is 6.78. The third kappa shape index (κ3) is 4.08. The van der Waals surface area contributed by atoms with E-state index in [0.29, 0.717) is 0 Å². The zero-order valence-corrected chi connectivity index (χ0v) is 14.1. The van der Waals surface area contributed by atoms with E-state index in [1.807, 2.05) is 6.07 Å². The fraction of sp³-hybridized carbons (Fsp3) is 0.263. The molecule has 4 heteroatoms. The standard InChI is InChI=1S/C19H20N2OS/c1-16(22)23-13-7-12-20-15-21(14-17-8-3-2-4-9-17)19-11-6-5-10-18(19)20/h2-6,8-11H,7,12-14H2,1H3. The lowest BCUT2D eigenvalue weighted by Gasteiger charge is -2.19. The average Bonchev–Trinajstić information content (AvgIpc) is 2.91. The monoisotopic (exact) mass is 324 g/mol. The molecule has 3 rings (SSSR count). The van der Waals surface area contributed by atoms with Crippen LogP contribution in [0.15, 0.2) is 54.6 Å². The minimum absolute atomic E-state index is 0.186. The van der Waals surface area contributed by atoms with Crippen molar-refractivity contribution in [1.29, 1.82) is 0 Å². The summed E-state index contributed by atoms with van der Waals surface area (Å²) >= 11 is 1.39. The number of fused-ring (bicyclic) bond motifs is 1. The number of para-hydroxylation sites is 2. The van der Waals surface area contributed by atoms with Crippen LogP contribution in [-0.2, 0) is 11.3 Å². The van der Waals surface area contributed by atoms with Gasteiger partial charge in [-0.05, 0) is 24.1 Å². The third-order valence-electron chi connectivity index (χ3n) is 3.72. The van der Waals surface area contributed by atoms with Gasteiger partial charge < -0.3 is 9.80 Å². The molecule has 1 aliphatic heterocycles. The highest BCUT2D eigenvalue weighted by atomic mass is 32.2. The molecule has 3 nitrogen and oxygen atoms in total. The molecule has 118 valence electrons. The van der Waals surface area contributed by atoms with Gasteiger partial charge in [0, 0.05) is 25.8 Å².